The summed E-state index contributed by atoms with van der Waals surface area (Å²) in [5, 5.41) is 5.85. The van der Waals surface area contributed by atoms with Crippen molar-refractivity contribution < 1.29 is 4.74 Å². The molecule has 0 radical (unpaired) electrons. The average Bonchev–Trinajstić information content (AvgIpc) is 3.10. The third kappa shape index (κ3) is 2.70. The molecule has 0 fully saturated rings. The Labute approximate surface area is 156 Å². The molecule has 1 aromatic carbocycles. The van der Waals surface area contributed by atoms with E-state index in [1.54, 1.807) is 19.4 Å². The minimum atomic E-state index is 0.450. The summed E-state index contributed by atoms with van der Waals surface area (Å²) in [4.78, 5) is 9.11. The summed E-state index contributed by atoms with van der Waals surface area (Å²) in [5.74, 6) is 0.698. The first kappa shape index (κ1) is 16.5. The lowest BCUT2D eigenvalue weighted by Gasteiger charge is -2.15. The number of aromatic nitrogens is 4. The predicted octanol–water partition coefficient (Wildman–Crippen LogP) is 4.84. The molecule has 0 atom stereocenters. The minimum Gasteiger partial charge on any atom is -0.494 e. The topological polar surface area (TPSA) is 52.8 Å². The largest absolute Gasteiger partial charge is 0.494 e. The molecule has 4 aromatic rings. The van der Waals surface area contributed by atoms with Crippen molar-refractivity contribution in [3.63, 3.8) is 0 Å². The number of hydrogen-bond acceptors (Lipinski definition) is 4. The van der Waals surface area contributed by atoms with Gasteiger partial charge in [-0.15, -0.1) is 0 Å². The number of benzene rings is 1. The van der Waals surface area contributed by atoms with Crippen LogP contribution in [0.3, 0.4) is 0 Å². The van der Waals surface area contributed by atoms with Crippen LogP contribution in [-0.2, 0) is 6.54 Å². The van der Waals surface area contributed by atoms with E-state index in [0.29, 0.717) is 10.9 Å². The molecule has 4 rings (SSSR count). The first-order chi connectivity index (χ1) is 12.7. The summed E-state index contributed by atoms with van der Waals surface area (Å²) in [6.45, 7) is 2.78. The molecule has 0 aliphatic rings. The van der Waals surface area contributed by atoms with Crippen LogP contribution in [0.5, 0.6) is 5.75 Å². The molecule has 0 saturated heterocycles. The molecule has 0 unspecified atom stereocenters. The highest BCUT2D eigenvalue weighted by molar-refractivity contribution is 6.29. The van der Waals surface area contributed by atoms with Gasteiger partial charge in [-0.3, -0.25) is 0 Å². The van der Waals surface area contributed by atoms with Crippen LogP contribution in [0.4, 0.5) is 0 Å². The maximum Gasteiger partial charge on any atom is 0.159 e. The van der Waals surface area contributed by atoms with E-state index in [0.717, 1.165) is 40.0 Å². The van der Waals surface area contributed by atoms with E-state index in [-0.39, 0.29) is 0 Å². The minimum absolute atomic E-state index is 0.450. The Morgan fingerprint density at radius 3 is 2.50 bits per heavy atom. The van der Waals surface area contributed by atoms with Gasteiger partial charge < -0.3 is 4.74 Å². The Morgan fingerprint density at radius 1 is 1.04 bits per heavy atom. The van der Waals surface area contributed by atoms with Gasteiger partial charge in [0.2, 0.25) is 0 Å². The number of hydrogen-bond donors (Lipinski definition) is 0. The Kier molecular flexibility index (Phi) is 4.31. The zero-order valence-electron chi connectivity index (χ0n) is 14.5. The third-order valence-electron chi connectivity index (χ3n) is 4.31. The Balaban J connectivity index is 2.11. The fourth-order valence-corrected chi connectivity index (χ4v) is 3.21. The lowest BCUT2D eigenvalue weighted by atomic mass is 10.00. The molecular weight excluding hydrogens is 348 g/mol. The zero-order valence-corrected chi connectivity index (χ0v) is 15.2. The smallest absolute Gasteiger partial charge is 0.159 e. The highest BCUT2D eigenvalue weighted by Crippen LogP contribution is 2.42. The van der Waals surface area contributed by atoms with Crippen molar-refractivity contribution in [1.82, 2.24) is 19.7 Å². The first-order valence-corrected chi connectivity index (χ1v) is 8.71. The maximum absolute atomic E-state index is 5.97. The Bertz CT molecular complexity index is 1060. The van der Waals surface area contributed by atoms with Crippen molar-refractivity contribution >= 4 is 22.6 Å². The molecule has 0 bridgehead atoms. The monoisotopic (exact) mass is 364 g/mol. The highest BCUT2D eigenvalue weighted by Gasteiger charge is 2.21. The number of rotatable bonds is 4. The van der Waals surface area contributed by atoms with Gasteiger partial charge in [0.05, 0.1) is 18.7 Å². The van der Waals surface area contributed by atoms with Gasteiger partial charge in [-0.05, 0) is 19.1 Å². The van der Waals surface area contributed by atoms with E-state index in [2.05, 4.69) is 10.1 Å². The van der Waals surface area contributed by atoms with E-state index in [1.807, 2.05) is 54.2 Å². The predicted molar refractivity (Wildman–Crippen MR) is 103 cm³/mol. The molecule has 5 nitrogen and oxygen atoms in total. The van der Waals surface area contributed by atoms with Crippen molar-refractivity contribution in [2.45, 2.75) is 13.5 Å². The second-order valence-electron chi connectivity index (χ2n) is 5.80. The maximum atomic E-state index is 5.97. The molecule has 130 valence electrons. The molecule has 3 heterocycles. The van der Waals surface area contributed by atoms with E-state index < -0.39 is 0 Å². The number of methoxy groups -OCH3 is 1. The summed E-state index contributed by atoms with van der Waals surface area (Å²) < 4.78 is 7.69. The Hall–Kier alpha value is -2.92. The summed E-state index contributed by atoms with van der Waals surface area (Å²) in [6, 6.07) is 13.7. The van der Waals surface area contributed by atoms with Gasteiger partial charge in [0.1, 0.15) is 10.8 Å². The van der Waals surface area contributed by atoms with Gasteiger partial charge >= 0.3 is 0 Å². The fraction of sp³-hybridized carbons (Fsp3) is 0.150. The van der Waals surface area contributed by atoms with Crippen LogP contribution in [0.2, 0.25) is 5.15 Å². The molecule has 0 saturated carbocycles. The number of pyridine rings is 2. The molecule has 26 heavy (non-hydrogen) atoms. The Morgan fingerprint density at radius 2 is 1.85 bits per heavy atom. The normalized spacial score (nSPS) is 11.0. The number of nitrogens with zero attached hydrogens (tertiary/aromatic N) is 4. The van der Waals surface area contributed by atoms with Gasteiger partial charge in [-0.2, -0.15) is 5.10 Å². The lowest BCUT2D eigenvalue weighted by molar-refractivity contribution is 0.417. The van der Waals surface area contributed by atoms with E-state index >= 15 is 0 Å². The SMILES string of the molecule is CCn1ncc2c(-c3ccc(Cl)nc3)c(OC)c(-c3ccccc3)nc21. The second kappa shape index (κ2) is 6.77. The van der Waals surface area contributed by atoms with Gasteiger partial charge in [0, 0.05) is 29.4 Å². The van der Waals surface area contributed by atoms with Crippen LogP contribution in [0, 0.1) is 0 Å². The average molecular weight is 365 g/mol. The van der Waals surface area contributed by atoms with Crippen LogP contribution in [0.1, 0.15) is 6.92 Å². The van der Waals surface area contributed by atoms with Gasteiger partial charge in [0.25, 0.3) is 0 Å². The molecule has 3 aromatic heterocycles. The van der Waals surface area contributed by atoms with Crippen LogP contribution in [0.25, 0.3) is 33.4 Å². The molecule has 0 spiro atoms. The number of halogens is 1. The third-order valence-corrected chi connectivity index (χ3v) is 4.53. The summed E-state index contributed by atoms with van der Waals surface area (Å²) >= 11 is 5.97. The molecule has 6 heteroatoms. The number of ether oxygens (including phenoxy) is 1. The quantitative estimate of drug-likeness (QED) is 0.486. The van der Waals surface area contributed by atoms with Crippen molar-refractivity contribution in [2.75, 3.05) is 7.11 Å². The van der Waals surface area contributed by atoms with Crippen molar-refractivity contribution in [3.05, 3.63) is 60.0 Å². The van der Waals surface area contributed by atoms with Crippen molar-refractivity contribution in [2.24, 2.45) is 0 Å². The number of fused-ring (bicyclic) bond motifs is 1. The molecule has 0 N–H and O–H groups in total. The van der Waals surface area contributed by atoms with Crippen molar-refractivity contribution in [3.8, 4) is 28.1 Å². The standard InChI is InChI=1S/C20H17ClN4O/c1-3-25-20-15(12-23-25)17(14-9-10-16(21)22-11-14)19(26-2)18(24-20)13-7-5-4-6-8-13/h4-12H,3H2,1-2H3. The highest BCUT2D eigenvalue weighted by atomic mass is 35.5. The van der Waals surface area contributed by atoms with Crippen molar-refractivity contribution in [1.29, 1.82) is 0 Å². The summed E-state index contributed by atoms with van der Waals surface area (Å²) in [5.41, 5.74) is 4.41. The van der Waals surface area contributed by atoms with Crippen LogP contribution in [-0.4, -0.2) is 26.9 Å². The van der Waals surface area contributed by atoms with Crippen LogP contribution in [0.15, 0.2) is 54.9 Å². The molecule has 0 aliphatic heterocycles. The molecular formula is C20H17ClN4O. The van der Waals surface area contributed by atoms with Gasteiger partial charge in [-0.1, -0.05) is 41.9 Å². The van der Waals surface area contributed by atoms with E-state index in [4.69, 9.17) is 21.3 Å². The number of aryl methyl sites for hydroxylation is 1. The molecule has 0 aliphatic carbocycles. The van der Waals surface area contributed by atoms with Gasteiger partial charge in [0.15, 0.2) is 11.4 Å². The van der Waals surface area contributed by atoms with Crippen LogP contribution < -0.4 is 4.74 Å². The van der Waals surface area contributed by atoms with E-state index in [9.17, 15) is 0 Å². The summed E-state index contributed by atoms with van der Waals surface area (Å²) in [7, 11) is 1.66. The molecule has 0 amide bonds. The van der Waals surface area contributed by atoms with Crippen LogP contribution >= 0.6 is 11.6 Å². The van der Waals surface area contributed by atoms with Gasteiger partial charge in [-0.25, -0.2) is 14.6 Å². The lowest BCUT2D eigenvalue weighted by Crippen LogP contribution is -2.01. The fourth-order valence-electron chi connectivity index (χ4n) is 3.10. The second-order valence-corrected chi connectivity index (χ2v) is 6.19. The summed E-state index contributed by atoms with van der Waals surface area (Å²) in [6.07, 6.45) is 3.57. The zero-order chi connectivity index (χ0) is 18.1. The van der Waals surface area contributed by atoms with E-state index in [1.165, 1.54) is 0 Å². The first-order valence-electron chi connectivity index (χ1n) is 8.33.